The fourth-order valence-electron chi connectivity index (χ4n) is 3.90. The van der Waals surface area contributed by atoms with E-state index in [0.717, 1.165) is 0 Å². The largest absolute Gasteiger partial charge is 0.135 e. The molecule has 34 heavy (non-hydrogen) atoms. The zero-order chi connectivity index (χ0) is 23.9. The minimum Gasteiger partial charge on any atom is -0.135 e. The molecule has 0 atom stereocenters. The molecule has 182 valence electrons. The lowest BCUT2D eigenvalue weighted by Crippen LogP contribution is -1.78. The summed E-state index contributed by atoms with van der Waals surface area (Å²) >= 11 is 11.9. The van der Waals surface area contributed by atoms with Gasteiger partial charge in [-0.1, -0.05) is 100 Å². The van der Waals surface area contributed by atoms with E-state index < -0.39 is 0 Å². The predicted octanol–water partition coefficient (Wildman–Crippen LogP) is 12.7. The molecule has 0 bridgehead atoms. The SMILES string of the molecule is CCCC1=C(CCC)SC(=Cc2ccc(-c3ccc(C=C4SC(CCC)=C(CCC)S4)s3)s2)S1. The maximum Gasteiger partial charge on any atom is 0.0506 e. The van der Waals surface area contributed by atoms with Gasteiger partial charge in [-0.05, 0) is 62.1 Å². The fourth-order valence-corrected chi connectivity index (χ4v) is 12.0. The van der Waals surface area contributed by atoms with Gasteiger partial charge < -0.3 is 0 Å². The molecular formula is C28H34S6. The average Bonchev–Trinajstić information content (AvgIpc) is 3.59. The molecule has 0 saturated heterocycles. The third-order valence-electron chi connectivity index (χ3n) is 5.44. The average molecular weight is 563 g/mol. The van der Waals surface area contributed by atoms with Gasteiger partial charge in [0.05, 0.1) is 8.47 Å². The van der Waals surface area contributed by atoms with Gasteiger partial charge >= 0.3 is 0 Å². The lowest BCUT2D eigenvalue weighted by Gasteiger charge is -2.00. The molecule has 0 radical (unpaired) electrons. The smallest absolute Gasteiger partial charge is 0.0506 e. The minimum atomic E-state index is 1.22. The summed E-state index contributed by atoms with van der Waals surface area (Å²) in [4.78, 5) is 11.9. The molecule has 0 aromatic carbocycles. The first-order valence-corrected chi connectivity index (χ1v) is 17.3. The Bertz CT molecular complexity index is 979. The molecule has 0 spiro atoms. The molecule has 4 rings (SSSR count). The van der Waals surface area contributed by atoms with Crippen LogP contribution in [0, 0.1) is 0 Å². The number of thioether (sulfide) groups is 4. The molecule has 2 aliphatic rings. The monoisotopic (exact) mass is 562 g/mol. The number of hydrogen-bond acceptors (Lipinski definition) is 6. The van der Waals surface area contributed by atoms with Crippen LogP contribution in [0.3, 0.4) is 0 Å². The maximum absolute atomic E-state index is 2.40. The molecule has 2 aromatic heterocycles. The zero-order valence-electron chi connectivity index (χ0n) is 20.6. The van der Waals surface area contributed by atoms with E-state index in [0.29, 0.717) is 0 Å². The van der Waals surface area contributed by atoms with Crippen LogP contribution in [-0.4, -0.2) is 0 Å². The molecule has 2 aromatic rings. The highest BCUT2D eigenvalue weighted by Gasteiger charge is 2.21. The number of allylic oxidation sites excluding steroid dienone is 4. The molecule has 0 nitrogen and oxygen atoms in total. The normalized spacial score (nSPS) is 16.4. The summed E-state index contributed by atoms with van der Waals surface area (Å²) in [5.74, 6) is 0. The molecule has 0 fully saturated rings. The van der Waals surface area contributed by atoms with Crippen molar-refractivity contribution in [1.29, 1.82) is 0 Å². The van der Waals surface area contributed by atoms with Crippen LogP contribution < -0.4 is 0 Å². The van der Waals surface area contributed by atoms with E-state index >= 15 is 0 Å². The van der Waals surface area contributed by atoms with Crippen LogP contribution in [0.2, 0.25) is 0 Å². The maximum atomic E-state index is 2.40. The van der Waals surface area contributed by atoms with Crippen LogP contribution in [0.15, 0.2) is 52.4 Å². The van der Waals surface area contributed by atoms with Crippen LogP contribution in [0.1, 0.15) is 88.8 Å². The van der Waals surface area contributed by atoms with Gasteiger partial charge in [0, 0.05) is 39.1 Å². The standard InChI is InChI=1S/C28H34S6/c1-5-9-21-22(10-6-2)32-27(31-21)17-19-13-15-25(29-19)26-16-14-20(30-26)18-28-33-23(11-7-3)24(34-28)12-8-4/h13-18H,5-12H2,1-4H3. The summed E-state index contributed by atoms with van der Waals surface area (Å²) in [6.45, 7) is 9.15. The van der Waals surface area contributed by atoms with Gasteiger partial charge in [-0.2, -0.15) is 0 Å². The van der Waals surface area contributed by atoms with Crippen LogP contribution in [0.4, 0.5) is 0 Å². The van der Waals surface area contributed by atoms with Crippen molar-refractivity contribution in [1.82, 2.24) is 0 Å². The van der Waals surface area contributed by atoms with Gasteiger partial charge in [0.2, 0.25) is 0 Å². The highest BCUT2D eigenvalue weighted by Crippen LogP contribution is 2.54. The van der Waals surface area contributed by atoms with E-state index in [2.05, 4.69) is 64.1 Å². The Balaban J connectivity index is 1.43. The van der Waals surface area contributed by atoms with Gasteiger partial charge in [0.25, 0.3) is 0 Å². The fraction of sp³-hybridized carbons (Fsp3) is 0.429. The second kappa shape index (κ2) is 13.3. The quantitative estimate of drug-likeness (QED) is 0.267. The van der Waals surface area contributed by atoms with Crippen molar-refractivity contribution >= 4 is 81.9 Å². The summed E-state index contributed by atoms with van der Waals surface area (Å²) < 4.78 is 2.90. The van der Waals surface area contributed by atoms with Crippen molar-refractivity contribution in [3.63, 3.8) is 0 Å². The van der Waals surface area contributed by atoms with Crippen molar-refractivity contribution in [2.24, 2.45) is 0 Å². The van der Waals surface area contributed by atoms with E-state index in [4.69, 9.17) is 0 Å². The second-order valence-electron chi connectivity index (χ2n) is 8.43. The number of thiophene rings is 2. The first kappa shape index (κ1) is 26.8. The Hall–Kier alpha value is -0.240. The summed E-state index contributed by atoms with van der Waals surface area (Å²) in [6.07, 6.45) is 14.6. The third-order valence-corrected chi connectivity index (χ3v) is 13.0. The Labute approximate surface area is 231 Å². The number of hydrogen-bond donors (Lipinski definition) is 0. The summed E-state index contributed by atoms with van der Waals surface area (Å²) in [5.41, 5.74) is 0. The molecule has 0 amide bonds. The molecular weight excluding hydrogens is 529 g/mol. The van der Waals surface area contributed by atoms with Crippen molar-refractivity contribution in [2.75, 3.05) is 0 Å². The molecule has 0 N–H and O–H groups in total. The van der Waals surface area contributed by atoms with Crippen molar-refractivity contribution in [3.05, 3.63) is 62.1 Å². The highest BCUT2D eigenvalue weighted by molar-refractivity contribution is 8.29. The highest BCUT2D eigenvalue weighted by atomic mass is 32.2. The molecule has 0 unspecified atom stereocenters. The van der Waals surface area contributed by atoms with E-state index in [1.165, 1.54) is 79.3 Å². The molecule has 4 heterocycles. The third kappa shape index (κ3) is 6.95. The van der Waals surface area contributed by atoms with E-state index in [1.807, 2.05) is 69.7 Å². The second-order valence-corrected chi connectivity index (χ2v) is 15.7. The van der Waals surface area contributed by atoms with Crippen LogP contribution >= 0.6 is 69.7 Å². The van der Waals surface area contributed by atoms with Gasteiger partial charge in [-0.15, -0.1) is 22.7 Å². The van der Waals surface area contributed by atoms with Crippen molar-refractivity contribution in [3.8, 4) is 9.75 Å². The Morgan fingerprint density at radius 3 is 1.12 bits per heavy atom. The zero-order valence-corrected chi connectivity index (χ0v) is 25.5. The van der Waals surface area contributed by atoms with Gasteiger partial charge in [0.1, 0.15) is 0 Å². The Morgan fingerprint density at radius 2 is 0.824 bits per heavy atom. The Morgan fingerprint density at radius 1 is 0.500 bits per heavy atom. The summed E-state index contributed by atoms with van der Waals surface area (Å²) in [5, 5.41) is 0. The lowest BCUT2D eigenvalue weighted by atomic mass is 10.2. The predicted molar refractivity (Wildman–Crippen MR) is 168 cm³/mol. The molecule has 6 heteroatoms. The minimum absolute atomic E-state index is 1.22. The van der Waals surface area contributed by atoms with Crippen LogP contribution in [0.25, 0.3) is 21.9 Å². The van der Waals surface area contributed by atoms with Crippen LogP contribution in [-0.2, 0) is 0 Å². The van der Waals surface area contributed by atoms with E-state index in [-0.39, 0.29) is 0 Å². The van der Waals surface area contributed by atoms with Crippen LogP contribution in [0.5, 0.6) is 0 Å². The van der Waals surface area contributed by atoms with Crippen molar-refractivity contribution < 1.29 is 0 Å². The molecule has 0 saturated carbocycles. The summed E-state index contributed by atoms with van der Waals surface area (Å²) in [6, 6.07) is 9.20. The number of rotatable bonds is 11. The Kier molecular flexibility index (Phi) is 10.5. The lowest BCUT2D eigenvalue weighted by molar-refractivity contribution is 0.905. The topological polar surface area (TPSA) is 0 Å². The first-order chi connectivity index (χ1) is 16.6. The van der Waals surface area contributed by atoms with E-state index in [1.54, 1.807) is 19.6 Å². The van der Waals surface area contributed by atoms with Gasteiger partial charge in [0.15, 0.2) is 0 Å². The van der Waals surface area contributed by atoms with Gasteiger partial charge in [-0.3, -0.25) is 0 Å². The van der Waals surface area contributed by atoms with Crippen molar-refractivity contribution in [2.45, 2.75) is 79.1 Å². The molecule has 2 aliphatic heterocycles. The first-order valence-electron chi connectivity index (χ1n) is 12.4. The van der Waals surface area contributed by atoms with Gasteiger partial charge in [-0.25, -0.2) is 0 Å². The molecule has 0 aliphatic carbocycles. The summed E-state index contributed by atoms with van der Waals surface area (Å²) in [7, 11) is 0. The van der Waals surface area contributed by atoms with E-state index in [9.17, 15) is 0 Å².